The Morgan fingerprint density at radius 1 is 1.19 bits per heavy atom. The number of aromatic nitrogens is 1. The van der Waals surface area contributed by atoms with Gasteiger partial charge in [0.1, 0.15) is 5.75 Å². The standard InChI is InChI=1S/C12H10ClNOS/c13-12-7-14-6-5-9(12)8-16-11-3-1-10(15)2-4-11/h1-7,15H,8H2. The molecule has 1 heterocycles. The van der Waals surface area contributed by atoms with Crippen molar-refractivity contribution in [1.82, 2.24) is 4.98 Å². The molecular weight excluding hydrogens is 242 g/mol. The van der Waals surface area contributed by atoms with Crippen LogP contribution in [0, 0.1) is 0 Å². The summed E-state index contributed by atoms with van der Waals surface area (Å²) in [6.07, 6.45) is 3.38. The Hall–Kier alpha value is -1.19. The lowest BCUT2D eigenvalue weighted by Crippen LogP contribution is -1.83. The number of hydrogen-bond donors (Lipinski definition) is 1. The summed E-state index contributed by atoms with van der Waals surface area (Å²) in [5, 5.41) is 9.84. The van der Waals surface area contributed by atoms with Gasteiger partial charge in [-0.1, -0.05) is 11.6 Å². The van der Waals surface area contributed by atoms with Gasteiger partial charge in [-0.25, -0.2) is 0 Å². The van der Waals surface area contributed by atoms with Gasteiger partial charge in [-0.05, 0) is 35.9 Å². The summed E-state index contributed by atoms with van der Waals surface area (Å²) < 4.78 is 0. The molecule has 0 radical (unpaired) electrons. The highest BCUT2D eigenvalue weighted by Gasteiger charge is 2.00. The molecule has 0 fully saturated rings. The van der Waals surface area contributed by atoms with Crippen LogP contribution < -0.4 is 0 Å². The number of pyridine rings is 1. The first-order valence-corrected chi connectivity index (χ1v) is 6.12. The number of nitrogens with zero attached hydrogens (tertiary/aromatic N) is 1. The lowest BCUT2D eigenvalue weighted by atomic mass is 10.3. The topological polar surface area (TPSA) is 33.1 Å². The van der Waals surface area contributed by atoms with E-state index in [1.54, 1.807) is 36.3 Å². The van der Waals surface area contributed by atoms with Crippen LogP contribution in [-0.4, -0.2) is 10.1 Å². The molecule has 0 spiro atoms. The van der Waals surface area contributed by atoms with E-state index in [1.807, 2.05) is 18.2 Å². The molecule has 0 amide bonds. The van der Waals surface area contributed by atoms with Gasteiger partial charge >= 0.3 is 0 Å². The number of phenolic OH excluding ortho intramolecular Hbond substituents is 1. The average molecular weight is 252 g/mol. The normalized spacial score (nSPS) is 10.3. The molecule has 0 saturated carbocycles. The summed E-state index contributed by atoms with van der Waals surface area (Å²) in [7, 11) is 0. The molecule has 1 N–H and O–H groups in total. The second kappa shape index (κ2) is 5.23. The fourth-order valence-electron chi connectivity index (χ4n) is 1.22. The second-order valence-corrected chi connectivity index (χ2v) is 4.71. The minimum Gasteiger partial charge on any atom is -0.508 e. The van der Waals surface area contributed by atoms with Gasteiger partial charge in [-0.2, -0.15) is 0 Å². The highest BCUT2D eigenvalue weighted by molar-refractivity contribution is 7.98. The van der Waals surface area contributed by atoms with E-state index in [2.05, 4.69) is 4.98 Å². The van der Waals surface area contributed by atoms with Crippen LogP contribution >= 0.6 is 23.4 Å². The zero-order valence-electron chi connectivity index (χ0n) is 8.43. The van der Waals surface area contributed by atoms with Crippen molar-refractivity contribution in [3.63, 3.8) is 0 Å². The molecule has 0 aliphatic rings. The molecule has 0 saturated heterocycles. The first kappa shape index (κ1) is 11.3. The number of hydrogen-bond acceptors (Lipinski definition) is 3. The Labute approximate surface area is 103 Å². The minimum absolute atomic E-state index is 0.284. The highest BCUT2D eigenvalue weighted by atomic mass is 35.5. The predicted octanol–water partition coefficient (Wildman–Crippen LogP) is 3.73. The molecule has 0 bridgehead atoms. The first-order chi connectivity index (χ1) is 7.75. The summed E-state index contributed by atoms with van der Waals surface area (Å²) >= 11 is 7.67. The van der Waals surface area contributed by atoms with Crippen molar-refractivity contribution in [3.8, 4) is 5.75 Å². The van der Waals surface area contributed by atoms with Crippen LogP contribution in [0.3, 0.4) is 0 Å². The molecule has 82 valence electrons. The zero-order valence-corrected chi connectivity index (χ0v) is 10.0. The predicted molar refractivity (Wildman–Crippen MR) is 66.9 cm³/mol. The third-order valence-corrected chi connectivity index (χ3v) is 3.49. The minimum atomic E-state index is 0.284. The molecule has 4 heteroatoms. The van der Waals surface area contributed by atoms with Gasteiger partial charge in [0.25, 0.3) is 0 Å². The van der Waals surface area contributed by atoms with Gasteiger partial charge in [0.2, 0.25) is 0 Å². The van der Waals surface area contributed by atoms with Crippen LogP contribution in [0.25, 0.3) is 0 Å². The summed E-state index contributed by atoms with van der Waals surface area (Å²) in [6, 6.07) is 9.03. The molecule has 1 aromatic heterocycles. The van der Waals surface area contributed by atoms with Crippen molar-refractivity contribution < 1.29 is 5.11 Å². The monoisotopic (exact) mass is 251 g/mol. The van der Waals surface area contributed by atoms with E-state index in [0.29, 0.717) is 5.02 Å². The van der Waals surface area contributed by atoms with Gasteiger partial charge < -0.3 is 5.11 Å². The summed E-state index contributed by atoms with van der Waals surface area (Å²) in [5.74, 6) is 1.08. The Balaban J connectivity index is 2.02. The molecule has 2 nitrogen and oxygen atoms in total. The quantitative estimate of drug-likeness (QED) is 0.844. The van der Waals surface area contributed by atoms with Crippen molar-refractivity contribution in [2.45, 2.75) is 10.6 Å². The van der Waals surface area contributed by atoms with Gasteiger partial charge in [-0.3, -0.25) is 4.98 Å². The van der Waals surface area contributed by atoms with Crippen LogP contribution in [0.4, 0.5) is 0 Å². The SMILES string of the molecule is Oc1ccc(SCc2ccncc2Cl)cc1. The van der Waals surface area contributed by atoms with Gasteiger partial charge in [0.15, 0.2) is 0 Å². The molecule has 1 aromatic carbocycles. The van der Waals surface area contributed by atoms with Crippen LogP contribution in [-0.2, 0) is 5.75 Å². The molecule has 0 aliphatic heterocycles. The molecule has 2 rings (SSSR count). The van der Waals surface area contributed by atoms with E-state index in [0.717, 1.165) is 16.2 Å². The van der Waals surface area contributed by atoms with Crippen LogP contribution in [0.2, 0.25) is 5.02 Å². The lowest BCUT2D eigenvalue weighted by Gasteiger charge is -2.03. The van der Waals surface area contributed by atoms with Crippen LogP contribution in [0.5, 0.6) is 5.75 Å². The maximum absolute atomic E-state index is 9.15. The fraction of sp³-hybridized carbons (Fsp3) is 0.0833. The van der Waals surface area contributed by atoms with E-state index in [1.165, 1.54) is 0 Å². The van der Waals surface area contributed by atoms with Crippen molar-refractivity contribution in [1.29, 1.82) is 0 Å². The van der Waals surface area contributed by atoms with E-state index in [4.69, 9.17) is 16.7 Å². The Kier molecular flexibility index (Phi) is 3.70. The van der Waals surface area contributed by atoms with E-state index in [9.17, 15) is 0 Å². The van der Waals surface area contributed by atoms with Crippen molar-refractivity contribution in [2.75, 3.05) is 0 Å². The Morgan fingerprint density at radius 2 is 1.94 bits per heavy atom. The average Bonchev–Trinajstić information content (AvgIpc) is 2.30. The second-order valence-electron chi connectivity index (χ2n) is 3.25. The Morgan fingerprint density at radius 3 is 2.62 bits per heavy atom. The molecule has 16 heavy (non-hydrogen) atoms. The smallest absolute Gasteiger partial charge is 0.115 e. The number of phenols is 1. The van der Waals surface area contributed by atoms with Crippen molar-refractivity contribution in [2.24, 2.45) is 0 Å². The number of halogens is 1. The van der Waals surface area contributed by atoms with Gasteiger partial charge in [0.05, 0.1) is 5.02 Å². The van der Waals surface area contributed by atoms with Gasteiger partial charge in [-0.15, -0.1) is 11.8 Å². The molecule has 0 atom stereocenters. The van der Waals surface area contributed by atoms with Crippen molar-refractivity contribution >= 4 is 23.4 Å². The summed E-state index contributed by atoms with van der Waals surface area (Å²) in [4.78, 5) is 5.04. The van der Waals surface area contributed by atoms with E-state index in [-0.39, 0.29) is 5.75 Å². The number of rotatable bonds is 3. The first-order valence-electron chi connectivity index (χ1n) is 4.76. The maximum Gasteiger partial charge on any atom is 0.115 e. The molecule has 0 aliphatic carbocycles. The number of aromatic hydroxyl groups is 1. The number of benzene rings is 1. The zero-order chi connectivity index (χ0) is 11.4. The molecule has 2 aromatic rings. The third kappa shape index (κ3) is 2.90. The molecule has 0 unspecified atom stereocenters. The largest absolute Gasteiger partial charge is 0.508 e. The van der Waals surface area contributed by atoms with Crippen LogP contribution in [0.1, 0.15) is 5.56 Å². The van der Waals surface area contributed by atoms with Crippen molar-refractivity contribution in [3.05, 3.63) is 53.3 Å². The number of thioether (sulfide) groups is 1. The molecular formula is C12H10ClNOS. The highest BCUT2D eigenvalue weighted by Crippen LogP contribution is 2.26. The van der Waals surface area contributed by atoms with E-state index >= 15 is 0 Å². The third-order valence-electron chi connectivity index (χ3n) is 2.09. The van der Waals surface area contributed by atoms with Crippen LogP contribution in [0.15, 0.2) is 47.6 Å². The maximum atomic E-state index is 9.15. The van der Waals surface area contributed by atoms with Gasteiger partial charge in [0, 0.05) is 23.0 Å². The van der Waals surface area contributed by atoms with E-state index < -0.39 is 0 Å². The summed E-state index contributed by atoms with van der Waals surface area (Å²) in [5.41, 5.74) is 1.06. The Bertz CT molecular complexity index is 473. The lowest BCUT2D eigenvalue weighted by molar-refractivity contribution is 0.475. The summed E-state index contributed by atoms with van der Waals surface area (Å²) in [6.45, 7) is 0. The fourth-order valence-corrected chi connectivity index (χ4v) is 2.39.